The quantitative estimate of drug-likeness (QED) is 0.780. The second-order valence-electron chi connectivity index (χ2n) is 4.42. The van der Waals surface area contributed by atoms with Gasteiger partial charge < -0.3 is 10.8 Å². The Labute approximate surface area is 88.9 Å². The maximum absolute atomic E-state index is 13.0. The van der Waals surface area contributed by atoms with Crippen LogP contribution in [0.4, 0.5) is 4.39 Å². The Balaban J connectivity index is 2.14. The van der Waals surface area contributed by atoms with Crippen molar-refractivity contribution in [3.63, 3.8) is 0 Å². The van der Waals surface area contributed by atoms with Gasteiger partial charge in [0.2, 0.25) is 0 Å². The van der Waals surface area contributed by atoms with E-state index in [2.05, 4.69) is 0 Å². The molecule has 3 N–H and O–H groups in total. The summed E-state index contributed by atoms with van der Waals surface area (Å²) < 4.78 is 13.0. The number of benzene rings is 1. The SMILES string of the molecule is NCC1(O)CCC(c2cccc(F)c2)C1. The van der Waals surface area contributed by atoms with E-state index in [1.54, 1.807) is 12.1 Å². The minimum absolute atomic E-state index is 0.212. The smallest absolute Gasteiger partial charge is 0.123 e. The Kier molecular flexibility index (Phi) is 2.76. The summed E-state index contributed by atoms with van der Waals surface area (Å²) >= 11 is 0. The van der Waals surface area contributed by atoms with Crippen molar-refractivity contribution in [2.24, 2.45) is 5.73 Å². The number of halogens is 1. The van der Waals surface area contributed by atoms with Crippen LogP contribution < -0.4 is 5.73 Å². The summed E-state index contributed by atoms with van der Waals surface area (Å²) in [5.74, 6) is 0.0324. The molecule has 0 radical (unpaired) electrons. The molecule has 0 saturated heterocycles. The molecule has 3 heteroatoms. The van der Waals surface area contributed by atoms with Crippen molar-refractivity contribution in [2.75, 3.05) is 6.54 Å². The number of hydrogen-bond donors (Lipinski definition) is 2. The molecule has 2 nitrogen and oxygen atoms in total. The van der Waals surface area contributed by atoms with E-state index in [1.807, 2.05) is 6.07 Å². The highest BCUT2D eigenvalue weighted by Crippen LogP contribution is 2.40. The Morgan fingerprint density at radius 3 is 2.93 bits per heavy atom. The van der Waals surface area contributed by atoms with Gasteiger partial charge in [-0.15, -0.1) is 0 Å². The van der Waals surface area contributed by atoms with Crippen molar-refractivity contribution >= 4 is 0 Å². The van der Waals surface area contributed by atoms with Crippen LogP contribution in [0.5, 0.6) is 0 Å². The fourth-order valence-corrected chi connectivity index (χ4v) is 2.34. The van der Waals surface area contributed by atoms with Gasteiger partial charge >= 0.3 is 0 Å². The molecule has 82 valence electrons. The standard InChI is InChI=1S/C12H16FNO/c13-11-3-1-2-9(6-11)10-4-5-12(15,7-10)8-14/h1-3,6,10,15H,4-5,7-8,14H2. The molecule has 1 aliphatic rings. The van der Waals surface area contributed by atoms with E-state index in [0.29, 0.717) is 19.4 Å². The van der Waals surface area contributed by atoms with Crippen LogP contribution in [0.25, 0.3) is 0 Å². The maximum Gasteiger partial charge on any atom is 0.123 e. The molecule has 0 bridgehead atoms. The molecule has 0 amide bonds. The lowest BCUT2D eigenvalue weighted by atomic mass is 9.95. The van der Waals surface area contributed by atoms with Gasteiger partial charge in [-0.25, -0.2) is 4.39 Å². The average molecular weight is 209 g/mol. The highest BCUT2D eigenvalue weighted by Gasteiger charge is 2.36. The van der Waals surface area contributed by atoms with Crippen molar-refractivity contribution in [3.8, 4) is 0 Å². The summed E-state index contributed by atoms with van der Waals surface area (Å²) in [5.41, 5.74) is 5.75. The summed E-state index contributed by atoms with van der Waals surface area (Å²) in [5, 5.41) is 9.98. The van der Waals surface area contributed by atoms with E-state index < -0.39 is 5.60 Å². The molecule has 2 atom stereocenters. The molecule has 1 aliphatic carbocycles. The lowest BCUT2D eigenvalue weighted by Crippen LogP contribution is -2.34. The third-order valence-electron chi connectivity index (χ3n) is 3.28. The normalized spacial score (nSPS) is 30.7. The largest absolute Gasteiger partial charge is 0.389 e. The summed E-state index contributed by atoms with van der Waals surface area (Å²) in [6.45, 7) is 0.290. The van der Waals surface area contributed by atoms with E-state index in [-0.39, 0.29) is 11.7 Å². The van der Waals surface area contributed by atoms with Crippen LogP contribution in [0.15, 0.2) is 24.3 Å². The molecular formula is C12H16FNO. The van der Waals surface area contributed by atoms with Crippen LogP contribution in [0.3, 0.4) is 0 Å². The molecule has 0 spiro atoms. The monoisotopic (exact) mass is 209 g/mol. The Hall–Kier alpha value is -0.930. The number of nitrogens with two attached hydrogens (primary N) is 1. The fourth-order valence-electron chi connectivity index (χ4n) is 2.34. The second kappa shape index (κ2) is 3.91. The third-order valence-corrected chi connectivity index (χ3v) is 3.28. The first-order chi connectivity index (χ1) is 7.13. The lowest BCUT2D eigenvalue weighted by Gasteiger charge is -2.20. The van der Waals surface area contributed by atoms with Crippen LogP contribution in [-0.2, 0) is 0 Å². The van der Waals surface area contributed by atoms with Crippen molar-refractivity contribution in [2.45, 2.75) is 30.8 Å². The first kappa shape index (κ1) is 10.6. The van der Waals surface area contributed by atoms with E-state index in [1.165, 1.54) is 6.07 Å². The molecular weight excluding hydrogens is 193 g/mol. The number of rotatable bonds is 2. The predicted octanol–water partition coefficient (Wildman–Crippen LogP) is 1.78. The van der Waals surface area contributed by atoms with Crippen molar-refractivity contribution < 1.29 is 9.50 Å². The zero-order valence-corrected chi connectivity index (χ0v) is 8.62. The molecule has 1 saturated carbocycles. The van der Waals surface area contributed by atoms with Crippen LogP contribution in [0, 0.1) is 5.82 Å². The minimum atomic E-state index is -0.739. The summed E-state index contributed by atoms with van der Waals surface area (Å²) in [6, 6.07) is 6.61. The average Bonchev–Trinajstić information content (AvgIpc) is 2.62. The Morgan fingerprint density at radius 2 is 2.33 bits per heavy atom. The number of hydrogen-bond acceptors (Lipinski definition) is 2. The molecule has 1 aromatic carbocycles. The van der Waals surface area contributed by atoms with Gasteiger partial charge in [0.1, 0.15) is 5.82 Å². The molecule has 1 aromatic rings. The summed E-state index contributed by atoms with van der Waals surface area (Å²) in [4.78, 5) is 0. The molecule has 15 heavy (non-hydrogen) atoms. The van der Waals surface area contributed by atoms with Crippen molar-refractivity contribution in [3.05, 3.63) is 35.6 Å². The van der Waals surface area contributed by atoms with Crippen LogP contribution >= 0.6 is 0 Å². The van der Waals surface area contributed by atoms with Gasteiger partial charge in [-0.05, 0) is 42.9 Å². The van der Waals surface area contributed by atoms with Gasteiger partial charge in [-0.1, -0.05) is 12.1 Å². The van der Waals surface area contributed by atoms with Crippen LogP contribution in [0.2, 0.25) is 0 Å². The highest BCUT2D eigenvalue weighted by molar-refractivity contribution is 5.23. The topological polar surface area (TPSA) is 46.2 Å². The molecule has 2 unspecified atom stereocenters. The van der Waals surface area contributed by atoms with E-state index in [9.17, 15) is 9.50 Å². The molecule has 2 rings (SSSR count). The minimum Gasteiger partial charge on any atom is -0.389 e. The molecule has 0 aliphatic heterocycles. The highest BCUT2D eigenvalue weighted by atomic mass is 19.1. The zero-order chi connectivity index (χ0) is 10.9. The van der Waals surface area contributed by atoms with Gasteiger partial charge in [0.15, 0.2) is 0 Å². The van der Waals surface area contributed by atoms with E-state index >= 15 is 0 Å². The molecule has 0 heterocycles. The number of aliphatic hydroxyl groups is 1. The van der Waals surface area contributed by atoms with Crippen LogP contribution in [-0.4, -0.2) is 17.3 Å². The summed E-state index contributed by atoms with van der Waals surface area (Å²) in [6.07, 6.45) is 2.24. The van der Waals surface area contributed by atoms with Crippen molar-refractivity contribution in [1.29, 1.82) is 0 Å². The van der Waals surface area contributed by atoms with Gasteiger partial charge in [0.05, 0.1) is 5.60 Å². The Bertz CT molecular complexity index is 355. The van der Waals surface area contributed by atoms with Gasteiger partial charge in [0, 0.05) is 6.54 Å². The lowest BCUT2D eigenvalue weighted by molar-refractivity contribution is 0.0554. The molecule has 1 fully saturated rings. The first-order valence-electron chi connectivity index (χ1n) is 5.31. The molecule has 0 aromatic heterocycles. The first-order valence-corrected chi connectivity index (χ1v) is 5.31. The summed E-state index contributed by atoms with van der Waals surface area (Å²) in [7, 11) is 0. The Morgan fingerprint density at radius 1 is 1.53 bits per heavy atom. The van der Waals surface area contributed by atoms with E-state index in [0.717, 1.165) is 12.0 Å². The van der Waals surface area contributed by atoms with Crippen LogP contribution in [0.1, 0.15) is 30.7 Å². The fraction of sp³-hybridized carbons (Fsp3) is 0.500. The van der Waals surface area contributed by atoms with E-state index in [4.69, 9.17) is 5.73 Å². The van der Waals surface area contributed by atoms with Gasteiger partial charge in [0.25, 0.3) is 0 Å². The third kappa shape index (κ3) is 2.19. The maximum atomic E-state index is 13.0. The van der Waals surface area contributed by atoms with Gasteiger partial charge in [-0.3, -0.25) is 0 Å². The van der Waals surface area contributed by atoms with Gasteiger partial charge in [-0.2, -0.15) is 0 Å². The predicted molar refractivity (Wildman–Crippen MR) is 57.0 cm³/mol. The zero-order valence-electron chi connectivity index (χ0n) is 8.62. The second-order valence-corrected chi connectivity index (χ2v) is 4.42. The van der Waals surface area contributed by atoms with Crippen molar-refractivity contribution in [1.82, 2.24) is 0 Å².